The molecule has 0 saturated carbocycles. The van der Waals surface area contributed by atoms with Crippen molar-refractivity contribution in [2.24, 2.45) is 0 Å². The lowest BCUT2D eigenvalue weighted by molar-refractivity contribution is 1.15. The zero-order valence-corrected chi connectivity index (χ0v) is 39.5. The highest BCUT2D eigenvalue weighted by Crippen LogP contribution is 2.57. The SMILES string of the molecule is Cc1ccccc1N1c2ccc(N(c3ccccc3)c3ccccc3)cc2B2c3c1cc1c(sc4ccccc41)c3-c1cc3c(cc1N2c1cccc(-c2ccccc2)c1)Sc1ccccc1S3. The van der Waals surface area contributed by atoms with Gasteiger partial charge in [-0.3, -0.25) is 0 Å². The fraction of sp³-hybridized carbons (Fsp3) is 0.0164. The summed E-state index contributed by atoms with van der Waals surface area (Å²) in [6.45, 7) is 2.06. The van der Waals surface area contributed by atoms with Crippen molar-refractivity contribution in [2.45, 2.75) is 26.5 Å². The van der Waals surface area contributed by atoms with E-state index < -0.39 is 0 Å². The average Bonchev–Trinajstić information content (AvgIpc) is 3.77. The molecule has 14 rings (SSSR count). The first-order valence-corrected chi connectivity index (χ1v) is 25.6. The lowest BCUT2D eigenvalue weighted by atomic mass is 9.43. The monoisotopic (exact) mass is 921 g/mol. The molecule has 0 radical (unpaired) electrons. The molecule has 3 aliphatic heterocycles. The normalized spacial score (nSPS) is 13.2. The molecule has 0 N–H and O–H groups in total. The van der Waals surface area contributed by atoms with E-state index in [2.05, 4.69) is 246 Å². The zero-order valence-electron chi connectivity index (χ0n) is 37.0. The van der Waals surface area contributed by atoms with Crippen molar-refractivity contribution in [2.75, 3.05) is 14.6 Å². The molecule has 320 valence electrons. The quantitative estimate of drug-likeness (QED) is 0.153. The van der Waals surface area contributed by atoms with Crippen LogP contribution in [0.5, 0.6) is 0 Å². The Labute approximate surface area is 409 Å². The summed E-state index contributed by atoms with van der Waals surface area (Å²) in [7, 11) is 0. The van der Waals surface area contributed by atoms with Gasteiger partial charge < -0.3 is 14.6 Å². The van der Waals surface area contributed by atoms with Crippen molar-refractivity contribution in [3.63, 3.8) is 0 Å². The van der Waals surface area contributed by atoms with Gasteiger partial charge in [-0.25, -0.2) is 0 Å². The summed E-state index contributed by atoms with van der Waals surface area (Å²) >= 11 is 5.73. The molecule has 0 unspecified atom stereocenters. The predicted octanol–water partition coefficient (Wildman–Crippen LogP) is 16.8. The molecule has 3 aliphatic rings. The fourth-order valence-corrected chi connectivity index (χ4v) is 14.3. The minimum atomic E-state index is -0.191. The Morgan fingerprint density at radius 1 is 0.441 bits per heavy atom. The third kappa shape index (κ3) is 6.23. The third-order valence-electron chi connectivity index (χ3n) is 13.8. The molecular weight excluding hydrogens is 882 g/mol. The van der Waals surface area contributed by atoms with Gasteiger partial charge in [0.05, 0.1) is 0 Å². The highest BCUT2D eigenvalue weighted by atomic mass is 32.2. The second-order valence-corrected chi connectivity index (χ2v) is 20.9. The lowest BCUT2D eigenvalue weighted by Gasteiger charge is -2.46. The Morgan fingerprint density at radius 3 is 1.84 bits per heavy atom. The van der Waals surface area contributed by atoms with E-state index in [1.165, 1.54) is 101 Å². The number of benzene rings is 10. The maximum atomic E-state index is 2.69. The lowest BCUT2D eigenvalue weighted by Crippen LogP contribution is -2.61. The first-order chi connectivity index (χ1) is 33.6. The molecule has 0 bridgehead atoms. The van der Waals surface area contributed by atoms with Crippen molar-refractivity contribution in [3.8, 4) is 22.3 Å². The summed E-state index contributed by atoms with van der Waals surface area (Å²) in [6, 6.07) is 83.2. The van der Waals surface area contributed by atoms with E-state index in [1.807, 2.05) is 34.9 Å². The van der Waals surface area contributed by atoms with Crippen LogP contribution in [0.15, 0.2) is 244 Å². The second kappa shape index (κ2) is 15.9. The van der Waals surface area contributed by atoms with Crippen LogP contribution in [-0.2, 0) is 0 Å². The number of rotatable bonds is 6. The summed E-state index contributed by atoms with van der Waals surface area (Å²) < 4.78 is 2.64. The van der Waals surface area contributed by atoms with Gasteiger partial charge in [0.25, 0.3) is 0 Å². The Hall–Kier alpha value is -7.42. The Bertz CT molecular complexity index is 3760. The van der Waals surface area contributed by atoms with E-state index in [4.69, 9.17) is 0 Å². The van der Waals surface area contributed by atoms with E-state index in [0.29, 0.717) is 0 Å². The molecule has 10 aromatic carbocycles. The number of nitrogens with zero attached hydrogens (tertiary/aromatic N) is 3. The molecule has 0 aliphatic carbocycles. The Balaban J connectivity index is 1.12. The van der Waals surface area contributed by atoms with Gasteiger partial charge >= 0.3 is 6.85 Å². The fourth-order valence-electron chi connectivity index (χ4n) is 10.8. The number of fused-ring (bicyclic) bond motifs is 10. The van der Waals surface area contributed by atoms with E-state index in [-0.39, 0.29) is 6.85 Å². The van der Waals surface area contributed by atoms with Crippen LogP contribution < -0.4 is 25.5 Å². The van der Waals surface area contributed by atoms with Crippen molar-refractivity contribution < 1.29 is 0 Å². The zero-order chi connectivity index (χ0) is 44.9. The van der Waals surface area contributed by atoms with E-state index in [9.17, 15) is 0 Å². The second-order valence-electron chi connectivity index (χ2n) is 17.7. The largest absolute Gasteiger partial charge is 0.376 e. The third-order valence-corrected chi connectivity index (χ3v) is 17.5. The van der Waals surface area contributed by atoms with E-state index in [0.717, 1.165) is 22.7 Å². The number of anilines is 8. The molecule has 4 heterocycles. The summed E-state index contributed by atoms with van der Waals surface area (Å²) in [5.41, 5.74) is 18.1. The first kappa shape index (κ1) is 39.7. The minimum absolute atomic E-state index is 0.191. The van der Waals surface area contributed by atoms with Gasteiger partial charge in [0.1, 0.15) is 0 Å². The summed E-state index contributed by atoms with van der Waals surface area (Å²) in [6.07, 6.45) is 0. The predicted molar refractivity (Wildman–Crippen MR) is 293 cm³/mol. The Morgan fingerprint density at radius 2 is 1.09 bits per heavy atom. The molecule has 0 fully saturated rings. The van der Waals surface area contributed by atoms with Crippen LogP contribution in [0.2, 0.25) is 0 Å². The number of thiophene rings is 1. The van der Waals surface area contributed by atoms with Crippen LogP contribution in [0, 0.1) is 6.92 Å². The molecule has 0 amide bonds. The highest BCUT2D eigenvalue weighted by molar-refractivity contribution is 8.05. The number of hydrogen-bond acceptors (Lipinski definition) is 6. The van der Waals surface area contributed by atoms with Crippen molar-refractivity contribution in [1.29, 1.82) is 0 Å². The van der Waals surface area contributed by atoms with E-state index in [1.54, 1.807) is 0 Å². The molecular formula is C61H40BN3S3. The molecule has 7 heteroatoms. The molecule has 11 aromatic rings. The van der Waals surface area contributed by atoms with Gasteiger partial charge in [-0.1, -0.05) is 151 Å². The molecule has 0 atom stereocenters. The number of para-hydroxylation sites is 3. The Kier molecular flexibility index (Phi) is 9.26. The molecule has 1 aromatic heterocycles. The van der Waals surface area contributed by atoms with Crippen LogP contribution >= 0.6 is 34.9 Å². The van der Waals surface area contributed by atoms with Crippen LogP contribution in [0.3, 0.4) is 0 Å². The molecule has 3 nitrogen and oxygen atoms in total. The van der Waals surface area contributed by atoms with Crippen molar-refractivity contribution >= 4 is 118 Å². The minimum Gasteiger partial charge on any atom is -0.376 e. The molecule has 0 saturated heterocycles. The van der Waals surface area contributed by atoms with E-state index >= 15 is 0 Å². The maximum Gasteiger partial charge on any atom is 0.333 e. The number of aryl methyl sites for hydroxylation is 1. The van der Waals surface area contributed by atoms with Gasteiger partial charge in [-0.2, -0.15) is 0 Å². The highest BCUT2D eigenvalue weighted by Gasteiger charge is 2.47. The van der Waals surface area contributed by atoms with Gasteiger partial charge in [0.2, 0.25) is 0 Å². The summed E-state index contributed by atoms with van der Waals surface area (Å²) in [5, 5.41) is 2.60. The number of hydrogen-bond donors (Lipinski definition) is 0. The summed E-state index contributed by atoms with van der Waals surface area (Å²) in [5.74, 6) is 0. The van der Waals surface area contributed by atoms with Crippen molar-refractivity contribution in [3.05, 3.63) is 230 Å². The topological polar surface area (TPSA) is 9.72 Å². The van der Waals surface area contributed by atoms with Crippen molar-refractivity contribution in [1.82, 2.24) is 0 Å². The van der Waals surface area contributed by atoms with Gasteiger partial charge in [-0.15, -0.1) is 11.3 Å². The maximum absolute atomic E-state index is 2.69. The average molecular weight is 922 g/mol. The standard InChI is InChI=1S/C61H40BN3S3/c1-39-18-11-13-28-50(39)64-51-33-32-44(63(42-22-7-3-8-23-42)43-24-9-4-10-25-43)35-49(51)62-60-53(64)36-47-46-27-12-14-29-54(46)68-61(47)59(60)48-37-57-58(67-56-31-16-15-30-55(56)66-57)38-52(48)65(62)45-26-17-21-41(34-45)40-19-5-2-6-20-40/h2-38H,1H3. The molecule has 68 heavy (non-hydrogen) atoms. The van der Waals surface area contributed by atoms with Gasteiger partial charge in [0, 0.05) is 96.4 Å². The van der Waals surface area contributed by atoms with Gasteiger partial charge in [0.15, 0.2) is 0 Å². The first-order valence-electron chi connectivity index (χ1n) is 23.1. The van der Waals surface area contributed by atoms with Crippen LogP contribution in [0.25, 0.3) is 42.4 Å². The summed E-state index contributed by atoms with van der Waals surface area (Å²) in [4.78, 5) is 12.9. The van der Waals surface area contributed by atoms with Crippen LogP contribution in [0.1, 0.15) is 5.56 Å². The van der Waals surface area contributed by atoms with Crippen LogP contribution in [-0.4, -0.2) is 6.85 Å². The smallest absolute Gasteiger partial charge is 0.333 e. The van der Waals surface area contributed by atoms with Crippen LogP contribution in [0.4, 0.5) is 45.5 Å². The van der Waals surface area contributed by atoms with Gasteiger partial charge in [-0.05, 0) is 132 Å². The molecule has 0 spiro atoms.